The van der Waals surface area contributed by atoms with E-state index in [1.54, 1.807) is 0 Å². The third kappa shape index (κ3) is 1.87. The summed E-state index contributed by atoms with van der Waals surface area (Å²) in [5.41, 5.74) is 3.07. The predicted octanol–water partition coefficient (Wildman–Crippen LogP) is 3.64. The molecule has 1 aliphatic heterocycles. The molecule has 0 fully saturated rings. The fourth-order valence-electron chi connectivity index (χ4n) is 2.57. The van der Waals surface area contributed by atoms with E-state index < -0.39 is 5.97 Å². The van der Waals surface area contributed by atoms with Crippen molar-refractivity contribution < 1.29 is 14.6 Å². The van der Waals surface area contributed by atoms with Gasteiger partial charge >= 0.3 is 5.97 Å². The predicted molar refractivity (Wildman–Crippen MR) is 72.1 cm³/mol. The number of hydrogen-bond donors (Lipinski definition) is 1. The molecule has 0 amide bonds. The number of rotatable bonds is 2. The van der Waals surface area contributed by atoms with Gasteiger partial charge in [-0.3, -0.25) is 0 Å². The van der Waals surface area contributed by atoms with Gasteiger partial charge in [0, 0.05) is 12.0 Å². The Hall–Kier alpha value is -2.29. The van der Waals surface area contributed by atoms with Gasteiger partial charge in [-0.25, -0.2) is 4.79 Å². The van der Waals surface area contributed by atoms with E-state index in [-0.39, 0.29) is 0 Å². The van der Waals surface area contributed by atoms with E-state index in [4.69, 9.17) is 4.74 Å². The van der Waals surface area contributed by atoms with E-state index in [1.165, 1.54) is 0 Å². The molecule has 1 N–H and O–H groups in total. The summed E-state index contributed by atoms with van der Waals surface area (Å²) < 4.78 is 5.80. The van der Waals surface area contributed by atoms with Gasteiger partial charge in [-0.2, -0.15) is 0 Å². The Morgan fingerprint density at radius 3 is 2.74 bits per heavy atom. The summed E-state index contributed by atoms with van der Waals surface area (Å²) in [4.78, 5) is 11.5. The van der Waals surface area contributed by atoms with E-state index in [0.717, 1.165) is 22.4 Å². The molecular formula is C16H14O3. The fourth-order valence-corrected chi connectivity index (χ4v) is 2.57. The SMILES string of the molecule is CCc1ccc2c(c1C(=O)O)Cc1ccccc1O2. The molecule has 0 aromatic heterocycles. The summed E-state index contributed by atoms with van der Waals surface area (Å²) in [6.07, 6.45) is 1.32. The van der Waals surface area contributed by atoms with Crippen molar-refractivity contribution in [3.05, 3.63) is 58.7 Å². The molecule has 0 saturated heterocycles. The van der Waals surface area contributed by atoms with E-state index >= 15 is 0 Å². The van der Waals surface area contributed by atoms with Crippen LogP contribution in [0.4, 0.5) is 0 Å². The van der Waals surface area contributed by atoms with E-state index in [0.29, 0.717) is 24.2 Å². The summed E-state index contributed by atoms with van der Waals surface area (Å²) in [6.45, 7) is 1.96. The summed E-state index contributed by atoms with van der Waals surface area (Å²) in [5, 5.41) is 9.45. The third-order valence-electron chi connectivity index (χ3n) is 3.51. The quantitative estimate of drug-likeness (QED) is 0.759. The average Bonchev–Trinajstić information content (AvgIpc) is 2.43. The molecular weight excluding hydrogens is 240 g/mol. The molecule has 0 aliphatic carbocycles. The zero-order valence-corrected chi connectivity index (χ0v) is 10.6. The van der Waals surface area contributed by atoms with Crippen LogP contribution in [0.5, 0.6) is 11.5 Å². The largest absolute Gasteiger partial charge is 0.478 e. The second-order valence-electron chi connectivity index (χ2n) is 4.62. The molecule has 0 unspecified atom stereocenters. The first-order valence-electron chi connectivity index (χ1n) is 6.34. The molecule has 3 heteroatoms. The molecule has 0 spiro atoms. The lowest BCUT2D eigenvalue weighted by Crippen LogP contribution is -2.12. The van der Waals surface area contributed by atoms with Crippen LogP contribution in [0.15, 0.2) is 36.4 Å². The van der Waals surface area contributed by atoms with Gasteiger partial charge < -0.3 is 9.84 Å². The average molecular weight is 254 g/mol. The highest BCUT2D eigenvalue weighted by Crippen LogP contribution is 2.39. The Kier molecular flexibility index (Phi) is 2.75. The Morgan fingerprint density at radius 1 is 1.21 bits per heavy atom. The minimum absolute atomic E-state index is 0.398. The van der Waals surface area contributed by atoms with Gasteiger partial charge in [-0.05, 0) is 29.7 Å². The minimum atomic E-state index is -0.878. The molecule has 2 aromatic rings. The molecule has 3 nitrogen and oxygen atoms in total. The smallest absolute Gasteiger partial charge is 0.336 e. The second-order valence-corrected chi connectivity index (χ2v) is 4.62. The van der Waals surface area contributed by atoms with Crippen LogP contribution < -0.4 is 4.74 Å². The molecule has 19 heavy (non-hydrogen) atoms. The maximum absolute atomic E-state index is 11.5. The van der Waals surface area contributed by atoms with Crippen LogP contribution in [0, 0.1) is 0 Å². The summed E-state index contributed by atoms with van der Waals surface area (Å²) >= 11 is 0. The summed E-state index contributed by atoms with van der Waals surface area (Å²) in [5.74, 6) is 0.598. The number of carboxylic acids is 1. The molecule has 2 aromatic carbocycles. The number of benzene rings is 2. The molecule has 0 atom stereocenters. The lowest BCUT2D eigenvalue weighted by molar-refractivity contribution is 0.0694. The van der Waals surface area contributed by atoms with Gasteiger partial charge in [0.1, 0.15) is 11.5 Å². The molecule has 1 heterocycles. The molecule has 3 rings (SSSR count). The van der Waals surface area contributed by atoms with E-state index in [2.05, 4.69) is 0 Å². The lowest BCUT2D eigenvalue weighted by Gasteiger charge is -2.22. The molecule has 1 aliphatic rings. The first-order valence-corrected chi connectivity index (χ1v) is 6.34. The Balaban J connectivity index is 2.18. The first kappa shape index (κ1) is 11.8. The molecule has 0 saturated carbocycles. The zero-order valence-electron chi connectivity index (χ0n) is 10.6. The normalized spacial score (nSPS) is 12.3. The third-order valence-corrected chi connectivity index (χ3v) is 3.51. The fraction of sp³-hybridized carbons (Fsp3) is 0.188. The monoisotopic (exact) mass is 254 g/mol. The number of carbonyl (C=O) groups is 1. The van der Waals surface area contributed by atoms with Crippen LogP contribution in [0.25, 0.3) is 0 Å². The maximum atomic E-state index is 11.5. The van der Waals surface area contributed by atoms with Gasteiger partial charge in [-0.15, -0.1) is 0 Å². The van der Waals surface area contributed by atoms with Gasteiger partial charge in [0.05, 0.1) is 5.56 Å². The summed E-state index contributed by atoms with van der Waals surface area (Å²) in [6, 6.07) is 11.5. The van der Waals surface area contributed by atoms with Crippen LogP contribution in [-0.4, -0.2) is 11.1 Å². The van der Waals surface area contributed by atoms with E-state index in [1.807, 2.05) is 43.3 Å². The summed E-state index contributed by atoms with van der Waals surface area (Å²) in [7, 11) is 0. The standard InChI is InChI=1S/C16H14O3/c1-2-10-7-8-14-12(15(10)16(17)18)9-11-5-3-4-6-13(11)19-14/h3-8H,2,9H2,1H3,(H,17,18). The highest BCUT2D eigenvalue weighted by Gasteiger charge is 2.24. The van der Waals surface area contributed by atoms with Crippen molar-refractivity contribution in [1.82, 2.24) is 0 Å². The van der Waals surface area contributed by atoms with Crippen LogP contribution in [-0.2, 0) is 12.8 Å². The highest BCUT2D eigenvalue weighted by atomic mass is 16.5. The topological polar surface area (TPSA) is 46.5 Å². The minimum Gasteiger partial charge on any atom is -0.478 e. The zero-order chi connectivity index (χ0) is 13.4. The number of aromatic carboxylic acids is 1. The first-order chi connectivity index (χ1) is 9.20. The van der Waals surface area contributed by atoms with Crippen molar-refractivity contribution in [3.8, 4) is 11.5 Å². The number of fused-ring (bicyclic) bond motifs is 2. The van der Waals surface area contributed by atoms with Gasteiger partial charge in [0.15, 0.2) is 0 Å². The Morgan fingerprint density at radius 2 is 2.00 bits per heavy atom. The maximum Gasteiger partial charge on any atom is 0.336 e. The van der Waals surface area contributed by atoms with Crippen molar-refractivity contribution in [1.29, 1.82) is 0 Å². The molecule has 0 radical (unpaired) electrons. The van der Waals surface area contributed by atoms with Gasteiger partial charge in [-0.1, -0.05) is 31.2 Å². The second kappa shape index (κ2) is 4.43. The number of hydrogen-bond acceptors (Lipinski definition) is 2. The molecule has 0 bridgehead atoms. The Bertz CT molecular complexity index is 659. The van der Waals surface area contributed by atoms with Crippen molar-refractivity contribution in [2.75, 3.05) is 0 Å². The number of carboxylic acid groups (broad SMARTS) is 1. The van der Waals surface area contributed by atoms with Crippen LogP contribution in [0.3, 0.4) is 0 Å². The molecule has 96 valence electrons. The van der Waals surface area contributed by atoms with Crippen LogP contribution >= 0.6 is 0 Å². The van der Waals surface area contributed by atoms with Crippen LogP contribution in [0.2, 0.25) is 0 Å². The Labute approximate surface area is 111 Å². The number of ether oxygens (including phenoxy) is 1. The van der Waals surface area contributed by atoms with Crippen molar-refractivity contribution in [2.45, 2.75) is 19.8 Å². The van der Waals surface area contributed by atoms with Gasteiger partial charge in [0.2, 0.25) is 0 Å². The van der Waals surface area contributed by atoms with E-state index in [9.17, 15) is 9.90 Å². The van der Waals surface area contributed by atoms with Gasteiger partial charge in [0.25, 0.3) is 0 Å². The van der Waals surface area contributed by atoms with Crippen molar-refractivity contribution in [3.63, 3.8) is 0 Å². The highest BCUT2D eigenvalue weighted by molar-refractivity contribution is 5.92. The lowest BCUT2D eigenvalue weighted by atomic mass is 9.92. The number of aryl methyl sites for hydroxylation is 1. The van der Waals surface area contributed by atoms with Crippen molar-refractivity contribution in [2.24, 2.45) is 0 Å². The number of para-hydroxylation sites is 1. The van der Waals surface area contributed by atoms with Crippen molar-refractivity contribution >= 4 is 5.97 Å². The van der Waals surface area contributed by atoms with Crippen LogP contribution in [0.1, 0.15) is 34.0 Å².